The molecule has 1 saturated heterocycles. The Balaban J connectivity index is 1.64. The van der Waals surface area contributed by atoms with Gasteiger partial charge in [-0.3, -0.25) is 4.79 Å². The number of amides is 2. The van der Waals surface area contributed by atoms with E-state index in [1.54, 1.807) is 4.90 Å². The molecule has 142 valence electrons. The van der Waals surface area contributed by atoms with Crippen LogP contribution in [0.5, 0.6) is 0 Å². The highest BCUT2D eigenvalue weighted by Gasteiger charge is 2.25. The largest absolute Gasteiger partial charge is 0.378 e. The van der Waals surface area contributed by atoms with Crippen LogP contribution in [0.4, 0.5) is 4.79 Å². The van der Waals surface area contributed by atoms with E-state index in [0.717, 1.165) is 11.1 Å². The molecule has 1 unspecified atom stereocenters. The number of rotatable bonds is 6. The fourth-order valence-corrected chi connectivity index (χ4v) is 3.72. The fourth-order valence-electron chi connectivity index (χ4n) is 2.88. The predicted molar refractivity (Wildman–Crippen MR) is 108 cm³/mol. The molecule has 0 aromatic heterocycles. The second-order valence-corrected chi connectivity index (χ2v) is 7.36. The lowest BCUT2D eigenvalue weighted by molar-refractivity contribution is -0.112. The van der Waals surface area contributed by atoms with Crippen LogP contribution in [0.1, 0.15) is 11.1 Å². The monoisotopic (exact) mass is 384 g/mol. The fraction of sp³-hybridized carbons (Fsp3) is 0.333. The summed E-state index contributed by atoms with van der Waals surface area (Å²) < 4.78 is 5.29. The second-order valence-electron chi connectivity index (χ2n) is 6.38. The quantitative estimate of drug-likeness (QED) is 0.831. The van der Waals surface area contributed by atoms with Crippen LogP contribution in [0.2, 0.25) is 0 Å². The topological polar surface area (TPSA) is 58.6 Å². The Bertz CT molecular complexity index is 734. The van der Waals surface area contributed by atoms with Crippen molar-refractivity contribution in [1.82, 2.24) is 10.2 Å². The average molecular weight is 385 g/mol. The summed E-state index contributed by atoms with van der Waals surface area (Å²) in [5.74, 6) is 0.596. The summed E-state index contributed by atoms with van der Waals surface area (Å²) in [6.07, 6.45) is 0.484. The summed E-state index contributed by atoms with van der Waals surface area (Å²) in [5, 5.41) is 2.91. The molecule has 1 N–H and O–H groups in total. The van der Waals surface area contributed by atoms with Crippen molar-refractivity contribution >= 4 is 22.9 Å². The van der Waals surface area contributed by atoms with Gasteiger partial charge in [0.15, 0.2) is 0 Å². The molecule has 1 atom stereocenters. The number of hydrogen-bond acceptors (Lipinski definition) is 4. The summed E-state index contributed by atoms with van der Waals surface area (Å²) >= 11 is 1.25. The first-order valence-corrected chi connectivity index (χ1v) is 10.1. The summed E-state index contributed by atoms with van der Waals surface area (Å²) in [6, 6.07) is 18.9. The highest BCUT2D eigenvalue weighted by atomic mass is 32.2. The van der Waals surface area contributed by atoms with Crippen LogP contribution >= 0.6 is 11.8 Å². The van der Waals surface area contributed by atoms with Crippen molar-refractivity contribution in [3.8, 4) is 0 Å². The third-order valence-electron chi connectivity index (χ3n) is 4.39. The van der Waals surface area contributed by atoms with Gasteiger partial charge >= 0.3 is 6.03 Å². The number of carbonyl (C=O) groups is 2. The maximum absolute atomic E-state index is 12.8. The summed E-state index contributed by atoms with van der Waals surface area (Å²) in [7, 11) is 0. The molecule has 2 amide bonds. The Morgan fingerprint density at radius 1 is 0.963 bits per heavy atom. The number of thioether (sulfide) groups is 1. The first kappa shape index (κ1) is 19.5. The first-order valence-electron chi connectivity index (χ1n) is 9.10. The van der Waals surface area contributed by atoms with Crippen molar-refractivity contribution in [2.45, 2.75) is 18.2 Å². The molecule has 2 aromatic rings. The van der Waals surface area contributed by atoms with E-state index in [9.17, 15) is 9.59 Å². The van der Waals surface area contributed by atoms with Gasteiger partial charge in [-0.2, -0.15) is 0 Å². The van der Waals surface area contributed by atoms with Gasteiger partial charge in [-0.1, -0.05) is 72.4 Å². The van der Waals surface area contributed by atoms with Crippen molar-refractivity contribution < 1.29 is 14.3 Å². The Hall–Kier alpha value is -2.31. The van der Waals surface area contributed by atoms with Gasteiger partial charge in [0.05, 0.1) is 13.2 Å². The number of carbonyl (C=O) groups excluding carboxylic acids is 2. The molecule has 1 heterocycles. The average Bonchev–Trinajstić information content (AvgIpc) is 2.73. The highest BCUT2D eigenvalue weighted by molar-refractivity contribution is 8.13. The van der Waals surface area contributed by atoms with E-state index in [1.165, 1.54) is 11.8 Å². The zero-order valence-corrected chi connectivity index (χ0v) is 16.0. The molecule has 0 saturated carbocycles. The number of benzene rings is 2. The second kappa shape index (κ2) is 10.1. The van der Waals surface area contributed by atoms with Gasteiger partial charge in [0.25, 0.3) is 0 Å². The molecule has 27 heavy (non-hydrogen) atoms. The molecular formula is C21H24N2O3S. The normalized spacial score (nSPS) is 15.2. The van der Waals surface area contributed by atoms with Crippen LogP contribution in [0.15, 0.2) is 60.7 Å². The van der Waals surface area contributed by atoms with E-state index in [-0.39, 0.29) is 11.1 Å². The molecule has 5 nitrogen and oxygen atoms in total. The van der Waals surface area contributed by atoms with Crippen molar-refractivity contribution in [3.63, 3.8) is 0 Å². The van der Waals surface area contributed by atoms with E-state index in [1.807, 2.05) is 60.7 Å². The van der Waals surface area contributed by atoms with E-state index in [0.29, 0.717) is 38.5 Å². The lowest BCUT2D eigenvalue weighted by Gasteiger charge is -2.29. The van der Waals surface area contributed by atoms with Crippen LogP contribution in [0.3, 0.4) is 0 Å². The Kier molecular flexibility index (Phi) is 7.30. The van der Waals surface area contributed by atoms with Gasteiger partial charge in [0.1, 0.15) is 6.04 Å². The highest BCUT2D eigenvalue weighted by Crippen LogP contribution is 2.17. The summed E-state index contributed by atoms with van der Waals surface area (Å²) in [6.45, 7) is 2.17. The molecule has 1 aliphatic rings. The van der Waals surface area contributed by atoms with Gasteiger partial charge in [-0.15, -0.1) is 0 Å². The lowest BCUT2D eigenvalue weighted by atomic mass is 10.1. The Labute approximate surface area is 164 Å². The molecule has 2 aromatic carbocycles. The van der Waals surface area contributed by atoms with E-state index in [4.69, 9.17) is 4.74 Å². The summed E-state index contributed by atoms with van der Waals surface area (Å²) in [4.78, 5) is 27.1. The molecule has 0 aliphatic carbocycles. The smallest absolute Gasteiger partial charge is 0.318 e. The van der Waals surface area contributed by atoms with Crippen LogP contribution in [0, 0.1) is 0 Å². The zero-order valence-electron chi connectivity index (χ0n) is 15.2. The minimum Gasteiger partial charge on any atom is -0.378 e. The van der Waals surface area contributed by atoms with Crippen molar-refractivity contribution in [1.29, 1.82) is 0 Å². The van der Waals surface area contributed by atoms with Crippen molar-refractivity contribution in [2.75, 3.05) is 26.3 Å². The molecular weight excluding hydrogens is 360 g/mol. The third-order valence-corrected chi connectivity index (χ3v) is 5.43. The van der Waals surface area contributed by atoms with E-state index in [2.05, 4.69) is 5.32 Å². The van der Waals surface area contributed by atoms with Gasteiger partial charge in [0, 0.05) is 25.3 Å². The molecule has 0 radical (unpaired) electrons. The minimum atomic E-state index is -0.559. The van der Waals surface area contributed by atoms with Crippen LogP contribution in [0.25, 0.3) is 0 Å². The number of ether oxygens (including phenoxy) is 1. The Morgan fingerprint density at radius 3 is 2.19 bits per heavy atom. The van der Waals surface area contributed by atoms with Gasteiger partial charge in [0.2, 0.25) is 5.12 Å². The SMILES string of the molecule is O=C(SCc1ccccc1)C(Cc1ccccc1)NC(=O)N1CCOCC1. The number of nitrogens with zero attached hydrogens (tertiary/aromatic N) is 1. The lowest BCUT2D eigenvalue weighted by Crippen LogP contribution is -2.51. The molecule has 1 fully saturated rings. The minimum absolute atomic E-state index is 0.0238. The van der Waals surface area contributed by atoms with E-state index >= 15 is 0 Å². The standard InChI is InChI=1S/C21H24N2O3S/c24-20(27-16-18-9-5-2-6-10-18)19(15-17-7-3-1-4-8-17)22-21(25)23-11-13-26-14-12-23/h1-10,19H,11-16H2,(H,22,25). The van der Waals surface area contributed by atoms with E-state index < -0.39 is 6.04 Å². The molecule has 6 heteroatoms. The van der Waals surface area contributed by atoms with Gasteiger partial charge < -0.3 is 15.0 Å². The maximum atomic E-state index is 12.8. The zero-order chi connectivity index (χ0) is 18.9. The first-order chi connectivity index (χ1) is 13.2. The Morgan fingerprint density at radius 2 is 1.56 bits per heavy atom. The molecule has 1 aliphatic heterocycles. The predicted octanol–water partition coefficient (Wildman–Crippen LogP) is 3.10. The van der Waals surface area contributed by atoms with Crippen LogP contribution < -0.4 is 5.32 Å². The number of hydrogen-bond donors (Lipinski definition) is 1. The maximum Gasteiger partial charge on any atom is 0.318 e. The van der Waals surface area contributed by atoms with Gasteiger partial charge in [-0.25, -0.2) is 4.79 Å². The molecule has 0 spiro atoms. The van der Waals surface area contributed by atoms with Crippen LogP contribution in [-0.4, -0.2) is 48.4 Å². The summed E-state index contributed by atoms with van der Waals surface area (Å²) in [5.41, 5.74) is 2.12. The number of morpholine rings is 1. The molecule has 0 bridgehead atoms. The number of urea groups is 1. The number of nitrogens with one attached hydrogen (secondary N) is 1. The molecule has 3 rings (SSSR count). The van der Waals surface area contributed by atoms with Crippen molar-refractivity contribution in [3.05, 3.63) is 71.8 Å². The van der Waals surface area contributed by atoms with Crippen molar-refractivity contribution in [2.24, 2.45) is 0 Å². The van der Waals surface area contributed by atoms with Gasteiger partial charge in [-0.05, 0) is 11.1 Å². The van der Waals surface area contributed by atoms with Crippen LogP contribution in [-0.2, 0) is 21.7 Å². The third kappa shape index (κ3) is 6.12.